The van der Waals surface area contributed by atoms with Crippen molar-refractivity contribution in [3.63, 3.8) is 0 Å². The second-order valence-electron chi connectivity index (χ2n) is 5.28. The largest absolute Gasteiger partial charge is 0.508 e. The fourth-order valence-electron chi connectivity index (χ4n) is 2.85. The first-order valence-corrected chi connectivity index (χ1v) is 7.33. The van der Waals surface area contributed by atoms with Gasteiger partial charge in [-0.1, -0.05) is 17.7 Å². The van der Waals surface area contributed by atoms with E-state index in [1.165, 1.54) is 11.1 Å². The second kappa shape index (κ2) is 5.67. The molecule has 1 aliphatic rings. The summed E-state index contributed by atoms with van der Waals surface area (Å²) in [6.07, 6.45) is 3.10. The Bertz CT molecular complexity index is 721. The van der Waals surface area contributed by atoms with E-state index in [9.17, 15) is 5.11 Å². The minimum absolute atomic E-state index is 0.196. The quantitative estimate of drug-likeness (QED) is 0.863. The summed E-state index contributed by atoms with van der Waals surface area (Å²) >= 11 is 5.96. The maximum atomic E-state index is 9.59. The van der Waals surface area contributed by atoms with Crippen molar-refractivity contribution in [2.24, 2.45) is 0 Å². The SMILES string of the molecule is N#Cc1cc(NC2CCCc3cc(O)ccc32)ccc1Cl. The normalized spacial score (nSPS) is 16.9. The minimum Gasteiger partial charge on any atom is -0.508 e. The zero-order valence-electron chi connectivity index (χ0n) is 11.4. The van der Waals surface area contributed by atoms with Crippen LogP contribution in [0.3, 0.4) is 0 Å². The number of hydrogen-bond donors (Lipinski definition) is 2. The summed E-state index contributed by atoms with van der Waals surface area (Å²) in [6.45, 7) is 0. The number of anilines is 1. The molecule has 2 aromatic rings. The Kier molecular flexibility index (Phi) is 3.72. The van der Waals surface area contributed by atoms with Crippen LogP contribution in [-0.2, 0) is 6.42 Å². The van der Waals surface area contributed by atoms with Gasteiger partial charge >= 0.3 is 0 Å². The third-order valence-corrected chi connectivity index (χ3v) is 4.20. The van der Waals surface area contributed by atoms with Gasteiger partial charge in [0.15, 0.2) is 0 Å². The molecular formula is C17H15ClN2O. The third kappa shape index (κ3) is 2.81. The van der Waals surface area contributed by atoms with Gasteiger partial charge in [0.1, 0.15) is 11.8 Å². The fraction of sp³-hybridized carbons (Fsp3) is 0.235. The molecule has 2 N–H and O–H groups in total. The van der Waals surface area contributed by atoms with Crippen molar-refractivity contribution in [1.82, 2.24) is 0 Å². The first-order chi connectivity index (χ1) is 10.2. The molecule has 0 radical (unpaired) electrons. The van der Waals surface area contributed by atoms with Gasteiger partial charge in [0.25, 0.3) is 0 Å². The highest BCUT2D eigenvalue weighted by atomic mass is 35.5. The van der Waals surface area contributed by atoms with E-state index in [1.807, 2.05) is 18.2 Å². The van der Waals surface area contributed by atoms with Crippen LogP contribution in [0.25, 0.3) is 0 Å². The Morgan fingerprint density at radius 3 is 2.90 bits per heavy atom. The Morgan fingerprint density at radius 1 is 1.24 bits per heavy atom. The lowest BCUT2D eigenvalue weighted by atomic mass is 9.87. The Hall–Kier alpha value is -2.18. The number of nitriles is 1. The summed E-state index contributed by atoms with van der Waals surface area (Å²) in [4.78, 5) is 0. The number of rotatable bonds is 2. The van der Waals surface area contributed by atoms with Crippen molar-refractivity contribution in [2.45, 2.75) is 25.3 Å². The second-order valence-corrected chi connectivity index (χ2v) is 5.69. The number of hydrogen-bond acceptors (Lipinski definition) is 3. The third-order valence-electron chi connectivity index (χ3n) is 3.87. The van der Waals surface area contributed by atoms with E-state index in [1.54, 1.807) is 18.2 Å². The number of nitrogens with one attached hydrogen (secondary N) is 1. The van der Waals surface area contributed by atoms with E-state index in [2.05, 4.69) is 11.4 Å². The number of phenolic OH excluding ortho intramolecular Hbond substituents is 1. The van der Waals surface area contributed by atoms with Gasteiger partial charge in [-0.05, 0) is 60.7 Å². The number of halogens is 1. The topological polar surface area (TPSA) is 56.0 Å². The predicted molar refractivity (Wildman–Crippen MR) is 83.6 cm³/mol. The van der Waals surface area contributed by atoms with Gasteiger partial charge in [-0.25, -0.2) is 0 Å². The van der Waals surface area contributed by atoms with E-state index < -0.39 is 0 Å². The average molecular weight is 299 g/mol. The van der Waals surface area contributed by atoms with Crippen LogP contribution in [0.5, 0.6) is 5.75 Å². The Labute approximate surface area is 128 Å². The van der Waals surface area contributed by atoms with Crippen LogP contribution in [0, 0.1) is 11.3 Å². The van der Waals surface area contributed by atoms with Crippen molar-refractivity contribution in [1.29, 1.82) is 5.26 Å². The summed E-state index contributed by atoms with van der Waals surface area (Å²) < 4.78 is 0. The average Bonchev–Trinajstić information content (AvgIpc) is 2.49. The molecule has 0 heterocycles. The molecule has 0 saturated carbocycles. The lowest BCUT2D eigenvalue weighted by Gasteiger charge is -2.27. The zero-order chi connectivity index (χ0) is 14.8. The first-order valence-electron chi connectivity index (χ1n) is 6.95. The summed E-state index contributed by atoms with van der Waals surface area (Å²) in [5, 5.41) is 22.6. The van der Waals surface area contributed by atoms with Gasteiger partial charge in [0, 0.05) is 5.69 Å². The summed E-state index contributed by atoms with van der Waals surface area (Å²) in [5.74, 6) is 0.313. The van der Waals surface area contributed by atoms with Crippen LogP contribution >= 0.6 is 11.6 Å². The summed E-state index contributed by atoms with van der Waals surface area (Å²) in [7, 11) is 0. The lowest BCUT2D eigenvalue weighted by molar-refractivity contribution is 0.472. The molecule has 2 aromatic carbocycles. The molecular weight excluding hydrogens is 284 g/mol. The van der Waals surface area contributed by atoms with Crippen LogP contribution in [-0.4, -0.2) is 5.11 Å². The van der Waals surface area contributed by atoms with Crippen LogP contribution in [0.15, 0.2) is 36.4 Å². The van der Waals surface area contributed by atoms with E-state index in [0.29, 0.717) is 16.3 Å². The van der Waals surface area contributed by atoms with Crippen LogP contribution in [0.2, 0.25) is 5.02 Å². The number of aromatic hydroxyl groups is 1. The molecule has 0 bridgehead atoms. The van der Waals surface area contributed by atoms with Crippen LogP contribution < -0.4 is 5.32 Å². The molecule has 0 fully saturated rings. The highest BCUT2D eigenvalue weighted by Gasteiger charge is 2.20. The van der Waals surface area contributed by atoms with Crippen LogP contribution in [0.4, 0.5) is 5.69 Å². The van der Waals surface area contributed by atoms with Gasteiger partial charge in [-0.3, -0.25) is 0 Å². The zero-order valence-corrected chi connectivity index (χ0v) is 12.2. The highest BCUT2D eigenvalue weighted by Crippen LogP contribution is 2.34. The minimum atomic E-state index is 0.196. The van der Waals surface area contributed by atoms with Gasteiger partial charge in [0.2, 0.25) is 0 Å². The number of aryl methyl sites for hydroxylation is 1. The fourth-order valence-corrected chi connectivity index (χ4v) is 3.01. The summed E-state index contributed by atoms with van der Waals surface area (Å²) in [6, 6.07) is 13.2. The Morgan fingerprint density at radius 2 is 2.10 bits per heavy atom. The van der Waals surface area contributed by atoms with Crippen molar-refractivity contribution >= 4 is 17.3 Å². The molecule has 3 rings (SSSR count). The molecule has 0 aromatic heterocycles. The molecule has 4 heteroatoms. The van der Waals surface area contributed by atoms with E-state index >= 15 is 0 Å². The molecule has 0 amide bonds. The molecule has 1 aliphatic carbocycles. The van der Waals surface area contributed by atoms with Gasteiger partial charge in [-0.2, -0.15) is 5.26 Å². The van der Waals surface area contributed by atoms with E-state index in [4.69, 9.17) is 16.9 Å². The molecule has 1 atom stereocenters. The maximum absolute atomic E-state index is 9.59. The molecule has 1 unspecified atom stereocenters. The van der Waals surface area contributed by atoms with Crippen LogP contribution in [0.1, 0.15) is 35.6 Å². The van der Waals surface area contributed by atoms with Gasteiger partial charge < -0.3 is 10.4 Å². The number of phenols is 1. The molecule has 0 spiro atoms. The van der Waals surface area contributed by atoms with Gasteiger partial charge in [-0.15, -0.1) is 0 Å². The lowest BCUT2D eigenvalue weighted by Crippen LogP contribution is -2.17. The Balaban J connectivity index is 1.89. The maximum Gasteiger partial charge on any atom is 0.115 e. The monoisotopic (exact) mass is 298 g/mol. The molecule has 0 saturated heterocycles. The van der Waals surface area contributed by atoms with Gasteiger partial charge in [0.05, 0.1) is 16.6 Å². The number of nitrogens with zero attached hydrogens (tertiary/aromatic N) is 1. The van der Waals surface area contributed by atoms with Crippen molar-refractivity contribution < 1.29 is 5.11 Å². The van der Waals surface area contributed by atoms with Crippen molar-refractivity contribution in [3.05, 3.63) is 58.1 Å². The van der Waals surface area contributed by atoms with E-state index in [0.717, 1.165) is 24.9 Å². The highest BCUT2D eigenvalue weighted by molar-refractivity contribution is 6.31. The van der Waals surface area contributed by atoms with Crippen molar-refractivity contribution in [2.75, 3.05) is 5.32 Å². The number of fused-ring (bicyclic) bond motifs is 1. The standard InChI is InChI=1S/C17H15ClN2O/c18-16-7-4-13(8-12(16)10-19)20-17-3-1-2-11-9-14(21)5-6-15(11)17/h4-9,17,20-21H,1-3H2. The molecule has 3 nitrogen and oxygen atoms in total. The molecule has 106 valence electrons. The van der Waals surface area contributed by atoms with Crippen molar-refractivity contribution in [3.8, 4) is 11.8 Å². The first kappa shape index (κ1) is 13.8. The van der Waals surface area contributed by atoms with E-state index in [-0.39, 0.29) is 6.04 Å². The summed E-state index contributed by atoms with van der Waals surface area (Å²) in [5.41, 5.74) is 3.77. The predicted octanol–water partition coefficient (Wildman–Crippen LogP) is 4.41. The smallest absolute Gasteiger partial charge is 0.115 e. The number of benzene rings is 2. The molecule has 0 aliphatic heterocycles. The molecule has 21 heavy (non-hydrogen) atoms.